The van der Waals surface area contributed by atoms with Gasteiger partial charge in [-0.3, -0.25) is 0 Å². The van der Waals surface area contributed by atoms with Gasteiger partial charge in [-0.1, -0.05) is 43.0 Å². The molecule has 0 saturated carbocycles. The highest BCUT2D eigenvalue weighted by atomic mass is 32.2. The molecule has 13 heteroatoms. The predicted octanol–water partition coefficient (Wildman–Crippen LogP) is 7.28. The minimum absolute atomic E-state index is 0.111. The zero-order valence-corrected chi connectivity index (χ0v) is 29.5. The second-order valence-electron chi connectivity index (χ2n) is 12.3. The van der Waals surface area contributed by atoms with Crippen molar-refractivity contribution in [1.82, 2.24) is 9.97 Å². The van der Waals surface area contributed by atoms with Crippen LogP contribution in [-0.2, 0) is 27.3 Å². The fourth-order valence-electron chi connectivity index (χ4n) is 4.26. The van der Waals surface area contributed by atoms with E-state index in [2.05, 4.69) is 4.98 Å². The van der Waals surface area contributed by atoms with Crippen molar-refractivity contribution < 1.29 is 38.1 Å². The smallest absolute Gasteiger partial charge is 0.424 e. The Morgan fingerprint density at radius 2 is 1.17 bits per heavy atom. The lowest BCUT2D eigenvalue weighted by molar-refractivity contribution is 0.0430. The molecule has 0 aliphatic heterocycles. The molecule has 0 saturated heterocycles. The summed E-state index contributed by atoms with van der Waals surface area (Å²) in [6.07, 6.45) is -2.15. The van der Waals surface area contributed by atoms with Crippen LogP contribution in [0.1, 0.15) is 70.1 Å². The van der Waals surface area contributed by atoms with Gasteiger partial charge in [0.1, 0.15) is 28.4 Å². The zero-order valence-electron chi connectivity index (χ0n) is 28.7. The summed E-state index contributed by atoms with van der Waals surface area (Å²) in [7, 11) is 4.36. The quantitative estimate of drug-likeness (QED) is 0.0881. The summed E-state index contributed by atoms with van der Waals surface area (Å²) in [6, 6.07) is 14.9. The predicted molar refractivity (Wildman–Crippen MR) is 181 cm³/mol. The number of aromatic nitrogens is 2. The van der Waals surface area contributed by atoms with E-state index in [9.17, 15) is 14.4 Å². The number of methoxy groups -OCH3 is 3. The van der Waals surface area contributed by atoms with Crippen LogP contribution in [0.15, 0.2) is 53.7 Å². The molecule has 2 amide bonds. The van der Waals surface area contributed by atoms with Gasteiger partial charge >= 0.3 is 18.2 Å². The Kier molecular flexibility index (Phi) is 12.5. The van der Waals surface area contributed by atoms with Gasteiger partial charge in [-0.05, 0) is 82.7 Å². The first-order chi connectivity index (χ1) is 22.1. The summed E-state index contributed by atoms with van der Waals surface area (Å²) in [5.74, 6) is 1.16. The lowest BCUT2D eigenvalue weighted by atomic mass is 10.1. The molecule has 0 unspecified atom stereocenters. The van der Waals surface area contributed by atoms with Crippen molar-refractivity contribution in [2.45, 2.75) is 77.9 Å². The number of ether oxygens (including phenoxy) is 5. The number of carbonyl (C=O) groups is 3. The van der Waals surface area contributed by atoms with Gasteiger partial charge in [0, 0.05) is 13.1 Å². The highest BCUT2D eigenvalue weighted by Gasteiger charge is 2.40. The molecule has 0 aliphatic rings. The molecule has 0 spiro atoms. The Morgan fingerprint density at radius 1 is 0.723 bits per heavy atom. The molecule has 3 rings (SSSR count). The molecule has 0 N–H and O–H groups in total. The van der Waals surface area contributed by atoms with Crippen molar-refractivity contribution in [3.8, 4) is 11.5 Å². The number of benzene rings is 2. The van der Waals surface area contributed by atoms with E-state index in [4.69, 9.17) is 28.7 Å². The number of anilines is 2. The molecule has 3 aromatic rings. The van der Waals surface area contributed by atoms with Crippen LogP contribution in [0.3, 0.4) is 0 Å². The number of carbonyl (C=O) groups excluding carboxylic acids is 3. The molecule has 1 heterocycles. The molecule has 0 aliphatic carbocycles. The van der Waals surface area contributed by atoms with E-state index in [1.165, 1.54) is 18.9 Å². The van der Waals surface area contributed by atoms with E-state index in [0.717, 1.165) is 11.1 Å². The molecule has 0 bridgehead atoms. The maximum atomic E-state index is 13.9. The first kappa shape index (κ1) is 36.9. The van der Waals surface area contributed by atoms with E-state index < -0.39 is 29.4 Å². The third kappa shape index (κ3) is 10.5. The van der Waals surface area contributed by atoms with Crippen LogP contribution in [0, 0.1) is 0 Å². The number of amides is 2. The number of hydrogen-bond donors (Lipinski definition) is 0. The van der Waals surface area contributed by atoms with E-state index in [0.29, 0.717) is 22.2 Å². The van der Waals surface area contributed by atoms with Gasteiger partial charge in [0.05, 0.1) is 21.3 Å². The Labute approximate surface area is 280 Å². The molecule has 254 valence electrons. The summed E-state index contributed by atoms with van der Waals surface area (Å²) in [4.78, 5) is 53.2. The summed E-state index contributed by atoms with van der Waals surface area (Å²) >= 11 is 1.29. The first-order valence-electron chi connectivity index (χ1n) is 15.0. The molecular weight excluding hydrogens is 624 g/mol. The Bertz CT molecular complexity index is 1460. The topological polar surface area (TPSA) is 130 Å². The number of thioether (sulfide) groups is 1. The number of rotatable bonds is 11. The summed E-state index contributed by atoms with van der Waals surface area (Å²) in [6.45, 7) is 12.4. The van der Waals surface area contributed by atoms with Gasteiger partial charge in [-0.15, -0.1) is 0 Å². The van der Waals surface area contributed by atoms with Crippen molar-refractivity contribution >= 4 is 41.4 Å². The van der Waals surface area contributed by atoms with Crippen LogP contribution < -0.4 is 19.3 Å². The summed E-state index contributed by atoms with van der Waals surface area (Å²) in [5, 5.41) is 0.245. The van der Waals surface area contributed by atoms with Crippen molar-refractivity contribution in [1.29, 1.82) is 0 Å². The molecule has 0 atom stereocenters. The number of hydrogen-bond acceptors (Lipinski definition) is 12. The van der Waals surface area contributed by atoms with Crippen LogP contribution in [0.2, 0.25) is 0 Å². The van der Waals surface area contributed by atoms with Crippen molar-refractivity contribution in [2.75, 3.05) is 36.9 Å². The second-order valence-corrected chi connectivity index (χ2v) is 13.5. The van der Waals surface area contributed by atoms with Gasteiger partial charge in [0.2, 0.25) is 0 Å². The molecule has 0 radical (unpaired) electrons. The third-order valence-electron chi connectivity index (χ3n) is 6.24. The van der Waals surface area contributed by atoms with Crippen LogP contribution in [0.5, 0.6) is 11.5 Å². The van der Waals surface area contributed by atoms with Gasteiger partial charge in [-0.25, -0.2) is 24.4 Å². The first-order valence-corrected chi connectivity index (χ1v) is 16.0. The average molecular weight is 669 g/mol. The fraction of sp³-hybridized carbons (Fsp3) is 0.441. The van der Waals surface area contributed by atoms with Gasteiger partial charge in [-0.2, -0.15) is 4.90 Å². The minimum atomic E-state index is -1.08. The fourth-order valence-corrected chi connectivity index (χ4v) is 4.83. The van der Waals surface area contributed by atoms with Crippen molar-refractivity contribution in [3.63, 3.8) is 0 Å². The van der Waals surface area contributed by atoms with E-state index in [1.807, 2.05) is 60.4 Å². The highest BCUT2D eigenvalue weighted by Crippen LogP contribution is 2.37. The SMILES string of the molecule is CCSc1nc(C(=O)OC)c(N(C(=O)OC(C)(C)C)C(=O)OC(C)(C)C)c(N(Cc2ccc(OC)cc2)Cc2ccc(OC)cc2)n1. The minimum Gasteiger partial charge on any atom is -0.497 e. The lowest BCUT2D eigenvalue weighted by Gasteiger charge is -2.33. The molecule has 1 aromatic heterocycles. The molecule has 0 fully saturated rings. The maximum absolute atomic E-state index is 13.9. The normalized spacial score (nSPS) is 11.4. The van der Waals surface area contributed by atoms with E-state index in [1.54, 1.807) is 55.8 Å². The van der Waals surface area contributed by atoms with Crippen molar-refractivity contribution in [2.24, 2.45) is 0 Å². The Balaban J connectivity index is 2.40. The van der Waals surface area contributed by atoms with Gasteiger partial charge in [0.25, 0.3) is 0 Å². The van der Waals surface area contributed by atoms with Crippen LogP contribution in [-0.4, -0.2) is 66.4 Å². The Morgan fingerprint density at radius 3 is 1.53 bits per heavy atom. The average Bonchev–Trinajstić information content (AvgIpc) is 3.00. The largest absolute Gasteiger partial charge is 0.497 e. The number of imide groups is 1. The van der Waals surface area contributed by atoms with Gasteiger partial charge < -0.3 is 28.6 Å². The Hall–Kier alpha value is -4.52. The maximum Gasteiger partial charge on any atom is 0.424 e. The highest BCUT2D eigenvalue weighted by molar-refractivity contribution is 7.99. The zero-order chi connectivity index (χ0) is 34.9. The third-order valence-corrected chi connectivity index (χ3v) is 6.97. The van der Waals surface area contributed by atoms with Crippen LogP contribution in [0.4, 0.5) is 21.1 Å². The second kappa shape index (κ2) is 15.9. The molecule has 12 nitrogen and oxygen atoms in total. The van der Waals surface area contributed by atoms with E-state index >= 15 is 0 Å². The van der Waals surface area contributed by atoms with Crippen LogP contribution in [0.25, 0.3) is 0 Å². The van der Waals surface area contributed by atoms with Gasteiger partial charge in [0.15, 0.2) is 16.7 Å². The monoisotopic (exact) mass is 668 g/mol. The number of esters is 1. The van der Waals surface area contributed by atoms with Crippen LogP contribution >= 0.6 is 11.8 Å². The molecule has 47 heavy (non-hydrogen) atoms. The summed E-state index contributed by atoms with van der Waals surface area (Å²) in [5.41, 5.74) is -0.840. The summed E-state index contributed by atoms with van der Waals surface area (Å²) < 4.78 is 27.2. The van der Waals surface area contributed by atoms with Crippen molar-refractivity contribution in [3.05, 3.63) is 65.4 Å². The van der Waals surface area contributed by atoms with E-state index in [-0.39, 0.29) is 35.4 Å². The lowest BCUT2D eigenvalue weighted by Crippen LogP contribution is -2.45. The molecular formula is C34H44N4O8S. The standard InChI is InChI=1S/C34H44N4O8S/c1-11-47-30-35-26(29(39)44-10)27(38(31(40)45-33(2,3)4)32(41)46-34(5,6)7)28(36-30)37(20-22-12-16-24(42-8)17-13-22)21-23-14-18-25(43-9)19-15-23/h12-19H,11,20-21H2,1-10H3. The molecule has 2 aromatic carbocycles. The number of nitrogens with zero attached hydrogens (tertiary/aromatic N) is 4.